The summed E-state index contributed by atoms with van der Waals surface area (Å²) in [6, 6.07) is 5.23. The molecule has 1 saturated heterocycles. The number of carboxylic acid groups (broad SMARTS) is 1. The average Bonchev–Trinajstić information content (AvgIpc) is 2.78. The molecule has 1 heterocycles. The Labute approximate surface area is 113 Å². The monoisotopic (exact) mass is 316 g/mol. The lowest BCUT2D eigenvalue weighted by molar-refractivity contribution is 0.0693. The molecule has 17 heavy (non-hydrogen) atoms. The second kappa shape index (κ2) is 5.89. The second-order valence-corrected chi connectivity index (χ2v) is 5.87. The van der Waals surface area contributed by atoms with Gasteiger partial charge in [-0.2, -0.15) is 0 Å². The number of halogens is 1. The van der Waals surface area contributed by atoms with Crippen molar-refractivity contribution >= 4 is 33.7 Å². The number of hydrogen-bond donors (Lipinski definition) is 1. The van der Waals surface area contributed by atoms with Gasteiger partial charge in [-0.1, -0.05) is 15.9 Å². The Balaban J connectivity index is 2.07. The first-order valence-corrected chi connectivity index (χ1v) is 7.22. The lowest BCUT2D eigenvalue weighted by Crippen LogP contribution is -2.08. The van der Waals surface area contributed by atoms with E-state index in [9.17, 15) is 4.79 Å². The molecule has 0 bridgehead atoms. The maximum Gasteiger partial charge on any atom is 0.336 e. The molecule has 1 unspecified atom stereocenters. The fraction of sp³-hybridized carbons (Fsp3) is 0.417. The van der Waals surface area contributed by atoms with Gasteiger partial charge in [-0.15, -0.1) is 11.8 Å². The molecule has 92 valence electrons. The van der Waals surface area contributed by atoms with Crippen molar-refractivity contribution < 1.29 is 14.6 Å². The van der Waals surface area contributed by atoms with E-state index in [1.165, 1.54) is 0 Å². The van der Waals surface area contributed by atoms with E-state index in [-0.39, 0.29) is 6.10 Å². The summed E-state index contributed by atoms with van der Waals surface area (Å²) in [5.74, 6) is -0.0659. The molecule has 0 spiro atoms. The van der Waals surface area contributed by atoms with Gasteiger partial charge in [0.05, 0.1) is 11.7 Å². The standard InChI is InChI=1S/C12H13BrO3S/c13-8-3-4-10(12(14)15)11(6-8)17-7-9-2-1-5-16-9/h3-4,6,9H,1-2,5,7H2,(H,14,15). The van der Waals surface area contributed by atoms with Gasteiger partial charge in [0.25, 0.3) is 0 Å². The zero-order valence-electron chi connectivity index (χ0n) is 9.19. The summed E-state index contributed by atoms with van der Waals surface area (Å²) >= 11 is 4.91. The zero-order chi connectivity index (χ0) is 12.3. The maximum absolute atomic E-state index is 11.1. The summed E-state index contributed by atoms with van der Waals surface area (Å²) in [5, 5.41) is 9.09. The van der Waals surface area contributed by atoms with E-state index < -0.39 is 5.97 Å². The summed E-state index contributed by atoms with van der Waals surface area (Å²) in [5.41, 5.74) is 0.358. The maximum atomic E-state index is 11.1. The molecule has 0 amide bonds. The van der Waals surface area contributed by atoms with Crippen LogP contribution in [0.1, 0.15) is 23.2 Å². The molecule has 1 aliphatic heterocycles. The van der Waals surface area contributed by atoms with Gasteiger partial charge in [0.2, 0.25) is 0 Å². The van der Waals surface area contributed by atoms with Crippen LogP contribution in [0.25, 0.3) is 0 Å². The minimum atomic E-state index is -0.882. The summed E-state index contributed by atoms with van der Waals surface area (Å²) in [4.78, 5) is 11.9. The number of hydrogen-bond acceptors (Lipinski definition) is 3. The van der Waals surface area contributed by atoms with Crippen molar-refractivity contribution in [1.82, 2.24) is 0 Å². The molecule has 0 saturated carbocycles. The number of rotatable bonds is 4. The predicted octanol–water partition coefficient (Wildman–Crippen LogP) is 3.42. The van der Waals surface area contributed by atoms with E-state index in [4.69, 9.17) is 9.84 Å². The smallest absolute Gasteiger partial charge is 0.336 e. The third-order valence-corrected chi connectivity index (χ3v) is 4.30. The van der Waals surface area contributed by atoms with Gasteiger partial charge in [0, 0.05) is 21.7 Å². The number of thioether (sulfide) groups is 1. The highest BCUT2D eigenvalue weighted by Crippen LogP contribution is 2.29. The van der Waals surface area contributed by atoms with Gasteiger partial charge in [0.1, 0.15) is 0 Å². The van der Waals surface area contributed by atoms with Crippen LogP contribution in [0, 0.1) is 0 Å². The first-order valence-electron chi connectivity index (χ1n) is 5.44. The number of benzene rings is 1. The average molecular weight is 317 g/mol. The molecule has 1 N–H and O–H groups in total. The number of aromatic carboxylic acids is 1. The molecule has 1 aliphatic rings. The molecular weight excluding hydrogens is 304 g/mol. The fourth-order valence-corrected chi connectivity index (χ4v) is 3.41. The molecule has 0 aromatic heterocycles. The normalized spacial score (nSPS) is 19.5. The van der Waals surface area contributed by atoms with Crippen LogP contribution < -0.4 is 0 Å². The molecule has 3 nitrogen and oxygen atoms in total. The Hall–Kier alpha value is -0.520. The Morgan fingerprint density at radius 3 is 3.06 bits per heavy atom. The van der Waals surface area contributed by atoms with Gasteiger partial charge < -0.3 is 9.84 Å². The van der Waals surface area contributed by atoms with Crippen LogP contribution in [0.4, 0.5) is 0 Å². The van der Waals surface area contributed by atoms with Crippen LogP contribution in [0.5, 0.6) is 0 Å². The first-order chi connectivity index (χ1) is 8.16. The van der Waals surface area contributed by atoms with Gasteiger partial charge in [-0.25, -0.2) is 4.79 Å². The molecule has 2 rings (SSSR count). The van der Waals surface area contributed by atoms with Crippen LogP contribution in [0.3, 0.4) is 0 Å². The van der Waals surface area contributed by atoms with E-state index >= 15 is 0 Å². The molecule has 1 atom stereocenters. The van der Waals surface area contributed by atoms with Crippen molar-refractivity contribution in [2.24, 2.45) is 0 Å². The largest absolute Gasteiger partial charge is 0.478 e. The van der Waals surface area contributed by atoms with E-state index in [0.717, 1.165) is 34.6 Å². The van der Waals surface area contributed by atoms with E-state index in [0.29, 0.717) is 5.56 Å². The van der Waals surface area contributed by atoms with Crippen molar-refractivity contribution in [1.29, 1.82) is 0 Å². The molecule has 0 aliphatic carbocycles. The molecule has 5 heteroatoms. The minimum Gasteiger partial charge on any atom is -0.478 e. The van der Waals surface area contributed by atoms with Crippen molar-refractivity contribution in [3.05, 3.63) is 28.2 Å². The molecular formula is C12H13BrO3S. The molecule has 1 fully saturated rings. The van der Waals surface area contributed by atoms with Crippen molar-refractivity contribution in [2.75, 3.05) is 12.4 Å². The van der Waals surface area contributed by atoms with E-state index in [1.807, 2.05) is 6.07 Å². The van der Waals surface area contributed by atoms with Crippen LogP contribution in [0.2, 0.25) is 0 Å². The Morgan fingerprint density at radius 2 is 2.41 bits per heavy atom. The van der Waals surface area contributed by atoms with Gasteiger partial charge in [0.15, 0.2) is 0 Å². The van der Waals surface area contributed by atoms with E-state index in [1.54, 1.807) is 23.9 Å². The number of carboxylic acids is 1. The Morgan fingerprint density at radius 1 is 1.59 bits per heavy atom. The SMILES string of the molecule is O=C(O)c1ccc(Br)cc1SCC1CCCO1. The third kappa shape index (κ3) is 3.47. The van der Waals surface area contributed by atoms with Crippen molar-refractivity contribution in [3.8, 4) is 0 Å². The van der Waals surface area contributed by atoms with E-state index in [2.05, 4.69) is 15.9 Å². The lowest BCUT2D eigenvalue weighted by Gasteiger charge is -2.10. The van der Waals surface area contributed by atoms with Crippen LogP contribution in [-0.4, -0.2) is 29.5 Å². The molecule has 0 radical (unpaired) electrons. The lowest BCUT2D eigenvalue weighted by atomic mass is 10.2. The van der Waals surface area contributed by atoms with Crippen LogP contribution in [-0.2, 0) is 4.74 Å². The summed E-state index contributed by atoms with van der Waals surface area (Å²) < 4.78 is 6.43. The highest BCUT2D eigenvalue weighted by molar-refractivity contribution is 9.10. The summed E-state index contributed by atoms with van der Waals surface area (Å²) in [6.07, 6.45) is 2.44. The van der Waals surface area contributed by atoms with Gasteiger partial charge in [-0.3, -0.25) is 0 Å². The van der Waals surface area contributed by atoms with Crippen molar-refractivity contribution in [2.45, 2.75) is 23.8 Å². The summed E-state index contributed by atoms with van der Waals surface area (Å²) in [6.45, 7) is 0.829. The highest BCUT2D eigenvalue weighted by Gasteiger charge is 2.17. The molecule has 1 aromatic rings. The minimum absolute atomic E-state index is 0.264. The Bertz CT molecular complexity index is 416. The second-order valence-electron chi connectivity index (χ2n) is 3.89. The van der Waals surface area contributed by atoms with Gasteiger partial charge in [-0.05, 0) is 31.0 Å². The third-order valence-electron chi connectivity index (χ3n) is 2.62. The van der Waals surface area contributed by atoms with Gasteiger partial charge >= 0.3 is 5.97 Å². The van der Waals surface area contributed by atoms with Crippen LogP contribution >= 0.6 is 27.7 Å². The highest BCUT2D eigenvalue weighted by atomic mass is 79.9. The van der Waals surface area contributed by atoms with Crippen molar-refractivity contribution in [3.63, 3.8) is 0 Å². The predicted molar refractivity (Wildman–Crippen MR) is 70.8 cm³/mol. The first kappa shape index (κ1) is 12.9. The topological polar surface area (TPSA) is 46.5 Å². The molecule has 1 aromatic carbocycles. The fourth-order valence-electron chi connectivity index (χ4n) is 1.75. The number of ether oxygens (including phenoxy) is 1. The van der Waals surface area contributed by atoms with Crippen LogP contribution in [0.15, 0.2) is 27.6 Å². The number of carbonyl (C=O) groups is 1. The summed E-state index contributed by atoms with van der Waals surface area (Å²) in [7, 11) is 0. The quantitative estimate of drug-likeness (QED) is 0.865. The zero-order valence-corrected chi connectivity index (χ0v) is 11.6. The Kier molecular flexibility index (Phi) is 4.48.